The minimum absolute atomic E-state index is 0. The summed E-state index contributed by atoms with van der Waals surface area (Å²) in [6.07, 6.45) is 3.68. The van der Waals surface area contributed by atoms with E-state index in [9.17, 15) is 0 Å². The van der Waals surface area contributed by atoms with E-state index in [1.54, 1.807) is 0 Å². The first-order valence-corrected chi connectivity index (χ1v) is 3.99. The number of rotatable bonds is 5. The van der Waals surface area contributed by atoms with Gasteiger partial charge >= 0.3 is 0 Å². The van der Waals surface area contributed by atoms with Crippen molar-refractivity contribution in [1.82, 2.24) is 0 Å². The van der Waals surface area contributed by atoms with Crippen molar-refractivity contribution in [3.8, 4) is 0 Å². The van der Waals surface area contributed by atoms with E-state index in [1.807, 2.05) is 6.08 Å². The maximum atomic E-state index is 8.72. The Morgan fingerprint density at radius 3 is 2.42 bits per heavy atom. The van der Waals surface area contributed by atoms with Gasteiger partial charge in [0.05, 0.1) is 6.61 Å². The van der Waals surface area contributed by atoms with Gasteiger partial charge < -0.3 is 10.8 Å². The highest BCUT2D eigenvalue weighted by atomic mass is 35.5. The van der Waals surface area contributed by atoms with E-state index in [0.717, 1.165) is 12.8 Å². The molecule has 0 heterocycles. The van der Waals surface area contributed by atoms with Gasteiger partial charge in [-0.3, -0.25) is 0 Å². The van der Waals surface area contributed by atoms with Crippen LogP contribution < -0.4 is 5.73 Å². The van der Waals surface area contributed by atoms with Gasteiger partial charge in [-0.2, -0.15) is 0 Å². The Hall–Kier alpha value is -0.0500. The number of allylic oxidation sites excluding steroid dienone is 1. The molecule has 3 heteroatoms. The molecule has 0 rings (SSSR count). The summed E-state index contributed by atoms with van der Waals surface area (Å²) in [4.78, 5) is 0. The van der Waals surface area contributed by atoms with Crippen LogP contribution in [0.4, 0.5) is 0 Å². The van der Waals surface area contributed by atoms with E-state index in [-0.39, 0.29) is 30.5 Å². The lowest BCUT2D eigenvalue weighted by Gasteiger charge is -2.25. The molecule has 0 saturated heterocycles. The van der Waals surface area contributed by atoms with Crippen molar-refractivity contribution in [1.29, 1.82) is 0 Å². The number of aliphatic hydroxyl groups is 1. The maximum Gasteiger partial charge on any atom is 0.0582 e. The molecule has 0 bridgehead atoms. The third kappa shape index (κ3) is 6.65. The molecular weight excluding hydrogens is 174 g/mol. The Kier molecular flexibility index (Phi) is 7.80. The van der Waals surface area contributed by atoms with E-state index in [0.29, 0.717) is 0 Å². The zero-order valence-corrected chi connectivity index (χ0v) is 8.73. The predicted molar refractivity (Wildman–Crippen MR) is 55.5 cm³/mol. The van der Waals surface area contributed by atoms with E-state index >= 15 is 0 Å². The number of hydrogen-bond acceptors (Lipinski definition) is 2. The van der Waals surface area contributed by atoms with Crippen molar-refractivity contribution in [2.45, 2.75) is 32.7 Å². The molecule has 0 radical (unpaired) electrons. The van der Waals surface area contributed by atoms with E-state index in [4.69, 9.17) is 10.8 Å². The average molecular weight is 194 g/mol. The summed E-state index contributed by atoms with van der Waals surface area (Å²) in [6, 6.07) is -0.0926. The smallest absolute Gasteiger partial charge is 0.0582 e. The van der Waals surface area contributed by atoms with Crippen molar-refractivity contribution in [3.63, 3.8) is 0 Å². The Bertz CT molecular complexity index is 126. The van der Waals surface area contributed by atoms with Crippen LogP contribution in [0.1, 0.15) is 26.7 Å². The maximum absolute atomic E-state index is 8.72. The van der Waals surface area contributed by atoms with Gasteiger partial charge in [-0.1, -0.05) is 19.9 Å². The number of aliphatic hydroxyl groups excluding tert-OH is 1. The summed E-state index contributed by atoms with van der Waals surface area (Å²) in [5, 5.41) is 8.72. The van der Waals surface area contributed by atoms with Crippen molar-refractivity contribution >= 4 is 12.4 Å². The largest absolute Gasteiger partial charge is 0.395 e. The zero-order valence-electron chi connectivity index (χ0n) is 7.92. The second kappa shape index (κ2) is 6.46. The summed E-state index contributed by atoms with van der Waals surface area (Å²) in [6.45, 7) is 8.00. The molecular formula is C9H20ClNO. The highest BCUT2D eigenvalue weighted by Gasteiger charge is 2.18. The molecule has 2 nitrogen and oxygen atoms in total. The molecule has 0 aliphatic carbocycles. The minimum atomic E-state index is -0.0926. The lowest BCUT2D eigenvalue weighted by atomic mass is 9.83. The summed E-state index contributed by atoms with van der Waals surface area (Å²) in [7, 11) is 0. The number of halogens is 1. The van der Waals surface area contributed by atoms with Crippen molar-refractivity contribution in [3.05, 3.63) is 12.7 Å². The van der Waals surface area contributed by atoms with Gasteiger partial charge in [0, 0.05) is 6.04 Å². The van der Waals surface area contributed by atoms with Crippen LogP contribution in [0.3, 0.4) is 0 Å². The summed E-state index contributed by atoms with van der Waals surface area (Å²) in [5.41, 5.74) is 5.78. The quantitative estimate of drug-likeness (QED) is 0.654. The predicted octanol–water partition coefficient (Wildman–Crippen LogP) is 1.72. The van der Waals surface area contributed by atoms with Crippen molar-refractivity contribution < 1.29 is 5.11 Å². The van der Waals surface area contributed by atoms with Gasteiger partial charge in [0.2, 0.25) is 0 Å². The van der Waals surface area contributed by atoms with E-state index in [2.05, 4.69) is 20.4 Å². The molecule has 1 atom stereocenters. The van der Waals surface area contributed by atoms with Gasteiger partial charge in [0.25, 0.3) is 0 Å². The first kappa shape index (κ1) is 14.5. The fourth-order valence-electron chi connectivity index (χ4n) is 1.25. The Labute approximate surface area is 81.3 Å². The Morgan fingerprint density at radius 2 is 2.08 bits per heavy atom. The van der Waals surface area contributed by atoms with Crippen molar-refractivity contribution in [2.75, 3.05) is 6.61 Å². The molecule has 3 N–H and O–H groups in total. The summed E-state index contributed by atoms with van der Waals surface area (Å²) in [5.74, 6) is 0. The monoisotopic (exact) mass is 193 g/mol. The molecule has 0 aromatic carbocycles. The van der Waals surface area contributed by atoms with Crippen LogP contribution in [0.15, 0.2) is 12.7 Å². The third-order valence-electron chi connectivity index (χ3n) is 1.75. The second-order valence-corrected chi connectivity index (χ2v) is 3.80. The van der Waals surface area contributed by atoms with Crippen LogP contribution in [0.2, 0.25) is 0 Å². The SMILES string of the molecule is C=CCC(C)(C)CC(N)CO.Cl. The lowest BCUT2D eigenvalue weighted by Crippen LogP contribution is -2.30. The molecule has 0 aromatic heterocycles. The third-order valence-corrected chi connectivity index (χ3v) is 1.75. The van der Waals surface area contributed by atoms with Gasteiger partial charge in [-0.25, -0.2) is 0 Å². The topological polar surface area (TPSA) is 46.2 Å². The molecule has 0 saturated carbocycles. The molecule has 0 amide bonds. The van der Waals surface area contributed by atoms with Crippen LogP contribution in [-0.4, -0.2) is 17.8 Å². The molecule has 0 aliphatic rings. The normalized spacial score (nSPS) is 13.3. The second-order valence-electron chi connectivity index (χ2n) is 3.80. The first-order chi connectivity index (χ1) is 5.02. The Morgan fingerprint density at radius 1 is 1.58 bits per heavy atom. The minimum Gasteiger partial charge on any atom is -0.395 e. The first-order valence-electron chi connectivity index (χ1n) is 3.99. The standard InChI is InChI=1S/C9H19NO.ClH/c1-4-5-9(2,3)6-8(10)7-11;/h4,8,11H,1,5-7,10H2,2-3H3;1H. The molecule has 74 valence electrons. The highest BCUT2D eigenvalue weighted by molar-refractivity contribution is 5.85. The fraction of sp³-hybridized carbons (Fsp3) is 0.778. The van der Waals surface area contributed by atoms with Gasteiger partial charge in [0.15, 0.2) is 0 Å². The molecule has 1 unspecified atom stereocenters. The summed E-state index contributed by atoms with van der Waals surface area (Å²) >= 11 is 0. The molecule has 0 aliphatic heterocycles. The van der Waals surface area contributed by atoms with Crippen LogP contribution >= 0.6 is 12.4 Å². The van der Waals surface area contributed by atoms with Crippen LogP contribution in [0.5, 0.6) is 0 Å². The Balaban J connectivity index is 0. The average Bonchev–Trinajstić information content (AvgIpc) is 1.86. The molecule has 0 aromatic rings. The number of nitrogens with two attached hydrogens (primary N) is 1. The van der Waals surface area contributed by atoms with Crippen LogP contribution in [0.25, 0.3) is 0 Å². The summed E-state index contributed by atoms with van der Waals surface area (Å²) < 4.78 is 0. The lowest BCUT2D eigenvalue weighted by molar-refractivity contribution is 0.215. The van der Waals surface area contributed by atoms with E-state index in [1.165, 1.54) is 0 Å². The zero-order chi connectivity index (χ0) is 8.91. The van der Waals surface area contributed by atoms with Gasteiger partial charge in [-0.05, 0) is 18.3 Å². The van der Waals surface area contributed by atoms with Crippen LogP contribution in [-0.2, 0) is 0 Å². The molecule has 0 spiro atoms. The van der Waals surface area contributed by atoms with Gasteiger partial charge in [-0.15, -0.1) is 19.0 Å². The van der Waals surface area contributed by atoms with Gasteiger partial charge in [0.1, 0.15) is 0 Å². The highest BCUT2D eigenvalue weighted by Crippen LogP contribution is 2.26. The molecule has 0 fully saturated rings. The fourth-order valence-corrected chi connectivity index (χ4v) is 1.25. The van der Waals surface area contributed by atoms with Crippen molar-refractivity contribution in [2.24, 2.45) is 11.1 Å². The number of hydrogen-bond donors (Lipinski definition) is 2. The molecule has 12 heavy (non-hydrogen) atoms. The van der Waals surface area contributed by atoms with E-state index < -0.39 is 0 Å². The van der Waals surface area contributed by atoms with Crippen LogP contribution in [0, 0.1) is 5.41 Å².